The van der Waals surface area contributed by atoms with Gasteiger partial charge in [-0.1, -0.05) is 5.92 Å². The van der Waals surface area contributed by atoms with Gasteiger partial charge >= 0.3 is 0 Å². The third kappa shape index (κ3) is 5.19. The van der Waals surface area contributed by atoms with Crippen LogP contribution in [-0.4, -0.2) is 24.6 Å². The zero-order valence-electron chi connectivity index (χ0n) is 17.7. The van der Waals surface area contributed by atoms with Crippen LogP contribution in [0.25, 0.3) is 0 Å². The SMILES string of the molecule is C#CCONC(=O)c1cc(Cc2ccnc(N)c2F)c(F)c(F)c1Nc1ccc(OC)cc1F. The normalized spacial score (nSPS) is 10.5. The van der Waals surface area contributed by atoms with Crippen molar-refractivity contribution in [3.63, 3.8) is 0 Å². The van der Waals surface area contributed by atoms with Crippen molar-refractivity contribution in [3.8, 4) is 18.1 Å². The lowest BCUT2D eigenvalue weighted by atomic mass is 9.99. The molecule has 0 fully saturated rings. The average Bonchev–Trinajstić information content (AvgIpc) is 2.82. The highest BCUT2D eigenvalue weighted by molar-refractivity contribution is 6.00. The van der Waals surface area contributed by atoms with Crippen molar-refractivity contribution in [1.82, 2.24) is 10.5 Å². The summed E-state index contributed by atoms with van der Waals surface area (Å²) in [7, 11) is 1.33. The van der Waals surface area contributed by atoms with Crippen molar-refractivity contribution in [2.45, 2.75) is 6.42 Å². The maximum atomic E-state index is 15.1. The number of aromatic nitrogens is 1. The van der Waals surface area contributed by atoms with Gasteiger partial charge < -0.3 is 15.8 Å². The predicted octanol–water partition coefficient (Wildman–Crippen LogP) is 3.86. The summed E-state index contributed by atoms with van der Waals surface area (Å²) in [5.74, 6) is -3.78. The molecule has 1 heterocycles. The fourth-order valence-corrected chi connectivity index (χ4v) is 3.01. The van der Waals surface area contributed by atoms with Gasteiger partial charge in [0.15, 0.2) is 23.3 Å². The van der Waals surface area contributed by atoms with Crippen LogP contribution in [-0.2, 0) is 11.3 Å². The van der Waals surface area contributed by atoms with Gasteiger partial charge in [-0.05, 0) is 35.4 Å². The molecular weight excluding hydrogens is 456 g/mol. The summed E-state index contributed by atoms with van der Waals surface area (Å²) in [4.78, 5) is 21.0. The van der Waals surface area contributed by atoms with Gasteiger partial charge in [0, 0.05) is 18.7 Å². The second kappa shape index (κ2) is 10.5. The van der Waals surface area contributed by atoms with E-state index in [4.69, 9.17) is 21.7 Å². The zero-order valence-corrected chi connectivity index (χ0v) is 17.7. The summed E-state index contributed by atoms with van der Waals surface area (Å²) in [6.07, 6.45) is 5.80. The van der Waals surface area contributed by atoms with Crippen molar-refractivity contribution in [2.24, 2.45) is 0 Å². The number of ether oxygens (including phenoxy) is 1. The van der Waals surface area contributed by atoms with E-state index >= 15 is 4.39 Å². The Balaban J connectivity index is 2.08. The number of nitrogens with two attached hydrogens (primary N) is 1. The predicted molar refractivity (Wildman–Crippen MR) is 116 cm³/mol. The number of amides is 1. The van der Waals surface area contributed by atoms with Crippen LogP contribution in [0, 0.1) is 35.6 Å². The number of hydrogen-bond donors (Lipinski definition) is 3. The van der Waals surface area contributed by atoms with Crippen LogP contribution in [0.3, 0.4) is 0 Å². The van der Waals surface area contributed by atoms with E-state index in [1.54, 1.807) is 0 Å². The van der Waals surface area contributed by atoms with Crippen LogP contribution in [0.2, 0.25) is 0 Å². The van der Waals surface area contributed by atoms with Crippen LogP contribution in [0.5, 0.6) is 5.75 Å². The molecule has 2 aromatic carbocycles. The van der Waals surface area contributed by atoms with Crippen molar-refractivity contribution in [2.75, 3.05) is 24.8 Å². The van der Waals surface area contributed by atoms with Gasteiger partial charge in [-0.25, -0.2) is 28.0 Å². The number of nitrogens with one attached hydrogen (secondary N) is 2. The van der Waals surface area contributed by atoms with Crippen molar-refractivity contribution in [3.05, 3.63) is 76.5 Å². The number of pyridine rings is 1. The summed E-state index contributed by atoms with van der Waals surface area (Å²) in [5.41, 5.74) is 5.57. The molecule has 7 nitrogen and oxygen atoms in total. The molecule has 0 bridgehead atoms. The Morgan fingerprint density at radius 2 is 1.88 bits per heavy atom. The van der Waals surface area contributed by atoms with E-state index in [-0.39, 0.29) is 29.2 Å². The Bertz CT molecular complexity index is 1280. The van der Waals surface area contributed by atoms with Crippen LogP contribution in [0.4, 0.5) is 34.8 Å². The van der Waals surface area contributed by atoms with Gasteiger partial charge in [0.05, 0.1) is 24.0 Å². The van der Waals surface area contributed by atoms with Crippen molar-refractivity contribution < 1.29 is 31.9 Å². The molecule has 0 atom stereocenters. The van der Waals surface area contributed by atoms with Crippen LogP contribution in [0.15, 0.2) is 36.5 Å². The van der Waals surface area contributed by atoms with Crippen LogP contribution < -0.4 is 21.3 Å². The Labute approximate surface area is 191 Å². The smallest absolute Gasteiger partial charge is 0.277 e. The molecule has 0 aliphatic heterocycles. The summed E-state index contributed by atoms with van der Waals surface area (Å²) >= 11 is 0. The lowest BCUT2D eigenvalue weighted by Crippen LogP contribution is -2.25. The first kappa shape index (κ1) is 24.3. The molecule has 0 radical (unpaired) electrons. The number of methoxy groups -OCH3 is 1. The van der Waals surface area contributed by atoms with E-state index in [0.717, 1.165) is 12.1 Å². The van der Waals surface area contributed by atoms with Gasteiger partial charge in [0.25, 0.3) is 5.91 Å². The Morgan fingerprint density at radius 1 is 1.12 bits per heavy atom. The van der Waals surface area contributed by atoms with Crippen LogP contribution in [0.1, 0.15) is 21.5 Å². The molecular formula is C23H18F4N4O3. The summed E-state index contributed by atoms with van der Waals surface area (Å²) in [6.45, 7) is -0.306. The maximum Gasteiger partial charge on any atom is 0.277 e. The standard InChI is InChI=1S/C23H18F4N4O3/c1-3-8-34-31-23(32)15-10-13(9-12-6-7-29-22(28)19(12)26)18(25)20(27)21(15)30-17-5-4-14(33-2)11-16(17)24/h1,4-7,10-11,30H,8-9H2,2H3,(H2,28,29)(H,31,32). The molecule has 3 aromatic rings. The molecule has 0 saturated heterocycles. The van der Waals surface area contributed by atoms with E-state index in [1.165, 1.54) is 31.5 Å². The zero-order chi connectivity index (χ0) is 24.8. The fraction of sp³-hybridized carbons (Fsp3) is 0.130. The second-order valence-corrected chi connectivity index (χ2v) is 6.83. The molecule has 1 amide bonds. The monoisotopic (exact) mass is 474 g/mol. The molecule has 0 unspecified atom stereocenters. The molecule has 4 N–H and O–H groups in total. The highest BCUT2D eigenvalue weighted by atomic mass is 19.2. The van der Waals surface area contributed by atoms with Crippen molar-refractivity contribution >= 4 is 23.1 Å². The number of nitrogen functional groups attached to an aromatic ring is 1. The minimum atomic E-state index is -1.50. The third-order valence-corrected chi connectivity index (χ3v) is 4.66. The highest BCUT2D eigenvalue weighted by Crippen LogP contribution is 2.32. The van der Waals surface area contributed by atoms with Gasteiger partial charge in [-0.2, -0.15) is 0 Å². The van der Waals surface area contributed by atoms with E-state index < -0.39 is 52.7 Å². The topological polar surface area (TPSA) is 98.5 Å². The highest BCUT2D eigenvalue weighted by Gasteiger charge is 2.25. The van der Waals surface area contributed by atoms with Gasteiger partial charge in [-0.3, -0.25) is 9.63 Å². The minimum Gasteiger partial charge on any atom is -0.497 e. The van der Waals surface area contributed by atoms with E-state index in [2.05, 4.69) is 16.2 Å². The number of carbonyl (C=O) groups is 1. The molecule has 3 rings (SSSR count). The third-order valence-electron chi connectivity index (χ3n) is 4.66. The molecule has 34 heavy (non-hydrogen) atoms. The minimum absolute atomic E-state index is 0.0809. The molecule has 11 heteroatoms. The number of benzene rings is 2. The number of terminal acetylenes is 1. The summed E-state index contributed by atoms with van der Waals surface area (Å²) in [5, 5.41) is 2.38. The number of carbonyl (C=O) groups excluding carboxylic acids is 1. The summed E-state index contributed by atoms with van der Waals surface area (Å²) < 4.78 is 63.7. The number of nitrogens with zero attached hydrogens (tertiary/aromatic N) is 1. The van der Waals surface area contributed by atoms with E-state index in [9.17, 15) is 18.0 Å². The van der Waals surface area contributed by atoms with Gasteiger partial charge in [0.1, 0.15) is 18.2 Å². The molecule has 0 aliphatic rings. The average molecular weight is 474 g/mol. The Morgan fingerprint density at radius 3 is 2.56 bits per heavy atom. The molecule has 0 aliphatic carbocycles. The lowest BCUT2D eigenvalue weighted by molar-refractivity contribution is 0.0438. The first-order chi connectivity index (χ1) is 16.3. The molecule has 176 valence electrons. The Kier molecular flexibility index (Phi) is 7.55. The quantitative estimate of drug-likeness (QED) is 0.199. The number of halogens is 4. The molecule has 0 spiro atoms. The first-order valence-corrected chi connectivity index (χ1v) is 9.62. The molecule has 1 aromatic heterocycles. The van der Waals surface area contributed by atoms with E-state index in [0.29, 0.717) is 0 Å². The van der Waals surface area contributed by atoms with E-state index in [1.807, 2.05) is 5.48 Å². The van der Waals surface area contributed by atoms with Gasteiger partial charge in [0.2, 0.25) is 0 Å². The molecule has 0 saturated carbocycles. The fourth-order valence-electron chi connectivity index (χ4n) is 3.01. The first-order valence-electron chi connectivity index (χ1n) is 9.62. The number of hydroxylamine groups is 1. The number of rotatable bonds is 8. The number of hydrogen-bond acceptors (Lipinski definition) is 6. The number of anilines is 3. The maximum absolute atomic E-state index is 15.1. The summed E-state index contributed by atoms with van der Waals surface area (Å²) in [6, 6.07) is 5.81. The van der Waals surface area contributed by atoms with Crippen molar-refractivity contribution in [1.29, 1.82) is 0 Å². The largest absolute Gasteiger partial charge is 0.497 e. The van der Waals surface area contributed by atoms with Gasteiger partial charge in [-0.15, -0.1) is 6.42 Å². The lowest BCUT2D eigenvalue weighted by Gasteiger charge is -2.17. The van der Waals surface area contributed by atoms with Crippen LogP contribution >= 0.6 is 0 Å². The Hall–Kier alpha value is -4.30. The second-order valence-electron chi connectivity index (χ2n) is 6.83.